The van der Waals surface area contributed by atoms with Crippen LogP contribution in [0.5, 0.6) is 5.75 Å². The molecule has 0 atom stereocenters. The number of morpholine rings is 1. The molecule has 1 saturated heterocycles. The molecule has 0 spiro atoms. The monoisotopic (exact) mass is 235 g/mol. The number of rotatable bonds is 4. The molecule has 5 heteroatoms. The van der Waals surface area contributed by atoms with Crippen LogP contribution in [-0.2, 0) is 4.74 Å². The third kappa shape index (κ3) is 3.72. The van der Waals surface area contributed by atoms with Gasteiger partial charge in [-0.25, -0.2) is 4.39 Å². The molecule has 2 radical (unpaired) electrons. The predicted octanol–water partition coefficient (Wildman–Crippen LogP) is 0.331. The molecule has 0 aliphatic carbocycles. The highest BCUT2D eigenvalue weighted by Crippen LogP contribution is 2.10. The summed E-state index contributed by atoms with van der Waals surface area (Å²) in [6.07, 6.45) is 0. The quantitative estimate of drug-likeness (QED) is 0.702. The summed E-state index contributed by atoms with van der Waals surface area (Å²) in [4.78, 5) is 2.26. The summed E-state index contributed by atoms with van der Waals surface area (Å²) in [6, 6.07) is 4.51. The first-order chi connectivity index (χ1) is 8.25. The maximum atomic E-state index is 13.1. The normalized spacial score (nSPS) is 17.0. The number of benzene rings is 1. The van der Waals surface area contributed by atoms with Crippen molar-refractivity contribution in [1.82, 2.24) is 4.90 Å². The first-order valence-electron chi connectivity index (χ1n) is 5.73. The first kappa shape index (κ1) is 12.4. The topological polar surface area (TPSA) is 21.7 Å². The second-order valence-electron chi connectivity index (χ2n) is 3.99. The summed E-state index contributed by atoms with van der Waals surface area (Å²) in [6.45, 7) is 4.78. The Balaban J connectivity index is 1.75. The van der Waals surface area contributed by atoms with Gasteiger partial charge in [-0.1, -0.05) is 11.5 Å². The van der Waals surface area contributed by atoms with Crippen molar-refractivity contribution in [3.8, 4) is 5.75 Å². The van der Waals surface area contributed by atoms with E-state index in [1.165, 1.54) is 12.1 Å². The van der Waals surface area contributed by atoms with Crippen molar-refractivity contribution in [2.75, 3.05) is 39.5 Å². The lowest BCUT2D eigenvalue weighted by Gasteiger charge is -2.26. The van der Waals surface area contributed by atoms with Crippen LogP contribution < -0.4 is 10.2 Å². The minimum atomic E-state index is -0.436. The molecule has 1 fully saturated rings. The Labute approximate surface area is 102 Å². The largest absolute Gasteiger partial charge is 0.492 e. The molecule has 1 heterocycles. The average Bonchev–Trinajstić information content (AvgIpc) is 2.35. The van der Waals surface area contributed by atoms with Gasteiger partial charge < -0.3 is 9.47 Å². The Kier molecular flexibility index (Phi) is 4.39. The van der Waals surface area contributed by atoms with Crippen molar-refractivity contribution in [3.05, 3.63) is 24.0 Å². The minimum absolute atomic E-state index is 0.144. The van der Waals surface area contributed by atoms with E-state index < -0.39 is 5.82 Å². The van der Waals surface area contributed by atoms with E-state index in [9.17, 15) is 4.39 Å². The van der Waals surface area contributed by atoms with Crippen molar-refractivity contribution in [2.24, 2.45) is 0 Å². The molecule has 17 heavy (non-hydrogen) atoms. The zero-order valence-corrected chi connectivity index (χ0v) is 9.69. The van der Waals surface area contributed by atoms with Crippen molar-refractivity contribution >= 4 is 13.3 Å². The number of hydrogen-bond acceptors (Lipinski definition) is 3. The second-order valence-corrected chi connectivity index (χ2v) is 3.99. The Hall–Kier alpha value is -1.07. The van der Waals surface area contributed by atoms with Gasteiger partial charge in [0, 0.05) is 25.7 Å². The van der Waals surface area contributed by atoms with Crippen LogP contribution in [0.15, 0.2) is 18.2 Å². The molecule has 0 unspecified atom stereocenters. The molecule has 0 aromatic heterocycles. The predicted molar refractivity (Wildman–Crippen MR) is 64.5 cm³/mol. The van der Waals surface area contributed by atoms with Gasteiger partial charge in [0.1, 0.15) is 26.0 Å². The smallest absolute Gasteiger partial charge is 0.122 e. The molecule has 0 bridgehead atoms. The lowest BCUT2D eigenvalue weighted by Crippen LogP contribution is -2.38. The summed E-state index contributed by atoms with van der Waals surface area (Å²) in [7, 11) is 5.38. The summed E-state index contributed by atoms with van der Waals surface area (Å²) >= 11 is 0. The number of hydrogen-bond donors (Lipinski definition) is 0. The van der Waals surface area contributed by atoms with Crippen molar-refractivity contribution in [3.63, 3.8) is 0 Å². The highest BCUT2D eigenvalue weighted by atomic mass is 19.1. The van der Waals surface area contributed by atoms with Crippen molar-refractivity contribution in [2.45, 2.75) is 0 Å². The fraction of sp³-hybridized carbons (Fsp3) is 0.500. The molecule has 1 aromatic rings. The molecule has 2 rings (SSSR count). The fourth-order valence-electron chi connectivity index (χ4n) is 1.72. The van der Waals surface area contributed by atoms with E-state index in [-0.39, 0.29) is 5.46 Å². The van der Waals surface area contributed by atoms with Crippen LogP contribution in [0.3, 0.4) is 0 Å². The lowest BCUT2D eigenvalue weighted by molar-refractivity contribution is 0.0322. The molecule has 90 valence electrons. The molecular formula is C12H15BFNO2. The van der Waals surface area contributed by atoms with Gasteiger partial charge in [-0.15, -0.1) is 0 Å². The summed E-state index contributed by atoms with van der Waals surface area (Å²) in [5.74, 6) is 0.0823. The molecular weight excluding hydrogens is 220 g/mol. The highest BCUT2D eigenvalue weighted by molar-refractivity contribution is 6.32. The Bertz CT molecular complexity index is 370. The van der Waals surface area contributed by atoms with Crippen LogP contribution in [0.25, 0.3) is 0 Å². The summed E-state index contributed by atoms with van der Waals surface area (Å²) in [5, 5.41) is 0. The van der Waals surface area contributed by atoms with E-state index >= 15 is 0 Å². The average molecular weight is 235 g/mol. The molecule has 0 saturated carbocycles. The van der Waals surface area contributed by atoms with E-state index in [4.69, 9.17) is 17.3 Å². The number of nitrogens with zero attached hydrogens (tertiary/aromatic N) is 1. The van der Waals surface area contributed by atoms with Crippen LogP contribution in [0.2, 0.25) is 0 Å². The molecule has 1 aromatic carbocycles. The Morgan fingerprint density at radius 3 is 2.82 bits per heavy atom. The highest BCUT2D eigenvalue weighted by Gasteiger charge is 2.09. The lowest BCUT2D eigenvalue weighted by atomic mass is 9.96. The van der Waals surface area contributed by atoms with Gasteiger partial charge in [0.05, 0.1) is 13.2 Å². The number of ether oxygens (including phenoxy) is 2. The summed E-state index contributed by atoms with van der Waals surface area (Å²) < 4.78 is 23.8. The van der Waals surface area contributed by atoms with Crippen LogP contribution in [0, 0.1) is 5.82 Å². The van der Waals surface area contributed by atoms with Crippen molar-refractivity contribution < 1.29 is 13.9 Å². The maximum Gasteiger partial charge on any atom is 0.122 e. The van der Waals surface area contributed by atoms with E-state index in [1.54, 1.807) is 6.07 Å². The van der Waals surface area contributed by atoms with E-state index in [0.29, 0.717) is 12.4 Å². The first-order valence-corrected chi connectivity index (χ1v) is 5.73. The third-order valence-corrected chi connectivity index (χ3v) is 2.75. The molecule has 1 aliphatic rings. The van der Waals surface area contributed by atoms with Gasteiger partial charge >= 0.3 is 0 Å². The number of halogens is 1. The standard InChI is InChI=1S/C12H15BFNO2/c13-11-2-1-10(9-12(11)14)17-8-5-15-3-6-16-7-4-15/h1-2,9H,3-8H2. The summed E-state index contributed by atoms with van der Waals surface area (Å²) in [5.41, 5.74) is 0.144. The van der Waals surface area contributed by atoms with Gasteiger partial charge in [-0.2, -0.15) is 0 Å². The zero-order valence-electron chi connectivity index (χ0n) is 9.69. The van der Waals surface area contributed by atoms with Crippen LogP contribution in [-0.4, -0.2) is 52.2 Å². The molecule has 0 N–H and O–H groups in total. The maximum absolute atomic E-state index is 13.1. The molecule has 3 nitrogen and oxygen atoms in total. The molecule has 1 aliphatic heterocycles. The molecule has 0 amide bonds. The van der Waals surface area contributed by atoms with Gasteiger partial charge in [0.15, 0.2) is 0 Å². The van der Waals surface area contributed by atoms with Crippen LogP contribution in [0.1, 0.15) is 0 Å². The Morgan fingerprint density at radius 2 is 2.12 bits per heavy atom. The van der Waals surface area contributed by atoms with Gasteiger partial charge in [-0.3, -0.25) is 4.90 Å². The van der Waals surface area contributed by atoms with Gasteiger partial charge in [-0.05, 0) is 6.07 Å². The fourth-order valence-corrected chi connectivity index (χ4v) is 1.72. The van der Waals surface area contributed by atoms with Gasteiger partial charge in [0.2, 0.25) is 0 Å². The second kappa shape index (κ2) is 6.03. The SMILES string of the molecule is [B]c1ccc(OCCN2CCOCC2)cc1F. The minimum Gasteiger partial charge on any atom is -0.492 e. The van der Waals surface area contributed by atoms with Crippen molar-refractivity contribution in [1.29, 1.82) is 0 Å². The van der Waals surface area contributed by atoms with E-state index in [0.717, 1.165) is 32.8 Å². The van der Waals surface area contributed by atoms with Gasteiger partial charge in [0.25, 0.3) is 0 Å². The zero-order chi connectivity index (χ0) is 12.1. The van der Waals surface area contributed by atoms with Crippen LogP contribution >= 0.6 is 0 Å². The van der Waals surface area contributed by atoms with Crippen LogP contribution in [0.4, 0.5) is 4.39 Å². The third-order valence-electron chi connectivity index (χ3n) is 2.75. The Morgan fingerprint density at radius 1 is 1.35 bits per heavy atom. The van der Waals surface area contributed by atoms with E-state index in [1.807, 2.05) is 0 Å². The van der Waals surface area contributed by atoms with E-state index in [2.05, 4.69) is 4.90 Å².